The molecule has 1 rings (SSSR count). The molecule has 0 aromatic heterocycles. The summed E-state index contributed by atoms with van der Waals surface area (Å²) in [5.74, 6) is 2.72. The Hall–Kier alpha value is -1.66. The Morgan fingerprint density at radius 1 is 1.53 bits per heavy atom. The number of nitrogens with one attached hydrogen (secondary N) is 1. The van der Waals surface area contributed by atoms with Crippen LogP contribution in [0.15, 0.2) is 23.8 Å². The van der Waals surface area contributed by atoms with Gasteiger partial charge in [0.25, 0.3) is 0 Å². The molecule has 0 bridgehead atoms. The van der Waals surface area contributed by atoms with Crippen LogP contribution in [0.4, 0.5) is 0 Å². The number of rotatable bonds is 3. The first kappa shape index (κ1) is 15.3. The quantitative estimate of drug-likeness (QED) is 0.424. The molecule has 0 aliphatic heterocycles. The number of nitrogens with two attached hydrogens (primary N) is 1. The van der Waals surface area contributed by atoms with Crippen molar-refractivity contribution in [2.24, 2.45) is 11.3 Å². The zero-order valence-electron chi connectivity index (χ0n) is 9.93. The first-order valence-corrected chi connectivity index (χ1v) is 5.16. The molecule has 1 aliphatic carbocycles. The van der Waals surface area contributed by atoms with Crippen LogP contribution < -0.4 is 11.3 Å². The van der Waals surface area contributed by atoms with Crippen molar-refractivity contribution in [1.29, 1.82) is 0 Å². The van der Waals surface area contributed by atoms with Gasteiger partial charge in [-0.25, -0.2) is 4.79 Å². The molecular weight excluding hydrogens is 224 g/mol. The van der Waals surface area contributed by atoms with Gasteiger partial charge in [-0.2, -0.15) is 0 Å². The third-order valence-electron chi connectivity index (χ3n) is 2.29. The van der Waals surface area contributed by atoms with Crippen LogP contribution in [0.3, 0.4) is 0 Å². The van der Waals surface area contributed by atoms with E-state index < -0.39 is 17.4 Å². The minimum Gasteiger partial charge on any atom is -0.481 e. The fourth-order valence-electron chi connectivity index (χ4n) is 1.18. The van der Waals surface area contributed by atoms with E-state index in [1.807, 2.05) is 6.92 Å². The lowest BCUT2D eigenvalue weighted by atomic mass is 9.80. The summed E-state index contributed by atoms with van der Waals surface area (Å²) in [4.78, 5) is 21.3. The van der Waals surface area contributed by atoms with E-state index in [0.717, 1.165) is 6.54 Å². The fraction of sp³-hybridized carbons (Fsp3) is 0.455. The van der Waals surface area contributed by atoms with E-state index >= 15 is 0 Å². The molecule has 1 atom stereocenters. The van der Waals surface area contributed by atoms with E-state index in [2.05, 4.69) is 5.43 Å². The van der Waals surface area contributed by atoms with Gasteiger partial charge in [0, 0.05) is 12.1 Å². The molecule has 0 fully saturated rings. The molecule has 1 unspecified atom stereocenters. The average molecular weight is 242 g/mol. The molecule has 0 spiro atoms. The molecule has 0 aromatic rings. The van der Waals surface area contributed by atoms with E-state index in [4.69, 9.17) is 16.1 Å². The Morgan fingerprint density at radius 2 is 2.06 bits per heavy atom. The van der Waals surface area contributed by atoms with Gasteiger partial charge in [-0.05, 0) is 13.3 Å². The van der Waals surface area contributed by atoms with Gasteiger partial charge in [-0.1, -0.05) is 25.2 Å². The maximum atomic E-state index is 10.8. The highest BCUT2D eigenvalue weighted by molar-refractivity contribution is 5.90. The molecule has 5 N–H and O–H groups in total. The molecule has 6 nitrogen and oxygen atoms in total. The Kier molecular flexibility index (Phi) is 6.16. The lowest BCUT2D eigenvalue weighted by Gasteiger charge is -2.23. The molecule has 0 amide bonds. The van der Waals surface area contributed by atoms with Crippen molar-refractivity contribution in [1.82, 2.24) is 5.43 Å². The van der Waals surface area contributed by atoms with E-state index in [9.17, 15) is 9.59 Å². The monoisotopic (exact) mass is 242 g/mol. The zero-order chi connectivity index (χ0) is 13.5. The Balaban J connectivity index is 0.000000557. The summed E-state index contributed by atoms with van der Waals surface area (Å²) in [6.45, 7) is 4.29. The highest BCUT2D eigenvalue weighted by Crippen LogP contribution is 2.31. The van der Waals surface area contributed by atoms with Crippen LogP contribution in [0.2, 0.25) is 0 Å². The molecule has 1 aliphatic rings. The summed E-state index contributed by atoms with van der Waals surface area (Å²) >= 11 is 0. The first-order chi connectivity index (χ1) is 7.87. The summed E-state index contributed by atoms with van der Waals surface area (Å²) in [7, 11) is 0. The minimum atomic E-state index is -1.08. The van der Waals surface area contributed by atoms with E-state index in [1.165, 1.54) is 25.2 Å². The van der Waals surface area contributed by atoms with Gasteiger partial charge in [0.2, 0.25) is 0 Å². The molecule has 6 heteroatoms. The third-order valence-corrected chi connectivity index (χ3v) is 2.29. The number of aliphatic carboxylic acids is 2. The number of carbonyl (C=O) groups is 2. The topological polar surface area (TPSA) is 113 Å². The Bertz CT molecular complexity index is 347. The summed E-state index contributed by atoms with van der Waals surface area (Å²) in [6.07, 6.45) is 4.43. The SMILES string of the molecule is CC1(C(=O)O)C=CC=C(C(=O)O)C1.CCNN. The average Bonchev–Trinajstić information content (AvgIpc) is 2.29. The van der Waals surface area contributed by atoms with Gasteiger partial charge < -0.3 is 10.2 Å². The smallest absolute Gasteiger partial charge is 0.331 e. The van der Waals surface area contributed by atoms with Crippen molar-refractivity contribution in [2.75, 3.05) is 6.54 Å². The number of carboxylic acids is 2. The third kappa shape index (κ3) is 4.80. The molecule has 17 heavy (non-hydrogen) atoms. The highest BCUT2D eigenvalue weighted by Gasteiger charge is 2.34. The second-order valence-corrected chi connectivity index (χ2v) is 3.81. The van der Waals surface area contributed by atoms with Crippen molar-refractivity contribution in [3.63, 3.8) is 0 Å². The van der Waals surface area contributed by atoms with Crippen molar-refractivity contribution < 1.29 is 19.8 Å². The number of hydrogen-bond donors (Lipinski definition) is 4. The molecule has 0 saturated heterocycles. The van der Waals surface area contributed by atoms with Crippen LogP contribution in [0, 0.1) is 5.41 Å². The summed E-state index contributed by atoms with van der Waals surface area (Å²) in [5.41, 5.74) is 1.48. The van der Waals surface area contributed by atoms with Crippen LogP contribution in [-0.2, 0) is 9.59 Å². The Labute approximate surface area is 99.8 Å². The fourth-order valence-corrected chi connectivity index (χ4v) is 1.18. The number of carboxylic acid groups (broad SMARTS) is 2. The second kappa shape index (κ2) is 6.82. The molecular formula is C11H18N2O4. The normalized spacial score (nSPS) is 22.2. The van der Waals surface area contributed by atoms with Gasteiger partial charge in [0.05, 0.1) is 5.41 Å². The number of allylic oxidation sites excluding steroid dienone is 2. The minimum absolute atomic E-state index is 0.0359. The van der Waals surface area contributed by atoms with E-state index in [-0.39, 0.29) is 12.0 Å². The van der Waals surface area contributed by atoms with Gasteiger partial charge in [0.15, 0.2) is 0 Å². The predicted octanol–water partition coefficient (Wildman–Crippen LogP) is 0.518. The molecule has 0 radical (unpaired) electrons. The molecule has 0 saturated carbocycles. The predicted molar refractivity (Wildman–Crippen MR) is 63.1 cm³/mol. The van der Waals surface area contributed by atoms with Crippen molar-refractivity contribution >= 4 is 11.9 Å². The highest BCUT2D eigenvalue weighted by atomic mass is 16.4. The van der Waals surface area contributed by atoms with Crippen LogP contribution >= 0.6 is 0 Å². The molecule has 96 valence electrons. The lowest BCUT2D eigenvalue weighted by Crippen LogP contribution is -2.28. The van der Waals surface area contributed by atoms with Gasteiger partial charge in [-0.15, -0.1) is 0 Å². The van der Waals surface area contributed by atoms with Crippen LogP contribution in [0.1, 0.15) is 20.3 Å². The maximum absolute atomic E-state index is 10.8. The maximum Gasteiger partial charge on any atom is 0.331 e. The summed E-state index contributed by atoms with van der Waals surface area (Å²) in [5, 5.41) is 17.5. The van der Waals surface area contributed by atoms with Gasteiger partial charge in [0.1, 0.15) is 0 Å². The van der Waals surface area contributed by atoms with Crippen molar-refractivity contribution in [3.8, 4) is 0 Å². The first-order valence-electron chi connectivity index (χ1n) is 5.16. The van der Waals surface area contributed by atoms with Crippen LogP contribution in [0.5, 0.6) is 0 Å². The Morgan fingerprint density at radius 3 is 2.41 bits per heavy atom. The summed E-state index contributed by atoms with van der Waals surface area (Å²) in [6, 6.07) is 0. The van der Waals surface area contributed by atoms with Crippen molar-refractivity contribution in [3.05, 3.63) is 23.8 Å². The second-order valence-electron chi connectivity index (χ2n) is 3.81. The largest absolute Gasteiger partial charge is 0.481 e. The zero-order valence-corrected chi connectivity index (χ0v) is 9.93. The standard InChI is InChI=1S/C9H10O4.C2H8N2/c1-9(8(12)13)4-2-3-6(5-9)7(10)11;1-2-4-3/h2-4H,5H2,1H3,(H,10,11)(H,12,13);4H,2-3H2,1H3. The lowest BCUT2D eigenvalue weighted by molar-refractivity contribution is -0.145. The van der Waals surface area contributed by atoms with Crippen LogP contribution in [0.25, 0.3) is 0 Å². The summed E-state index contributed by atoms with van der Waals surface area (Å²) < 4.78 is 0. The van der Waals surface area contributed by atoms with Crippen molar-refractivity contribution in [2.45, 2.75) is 20.3 Å². The van der Waals surface area contributed by atoms with E-state index in [1.54, 1.807) is 0 Å². The number of hydrazine groups is 1. The van der Waals surface area contributed by atoms with Crippen LogP contribution in [-0.4, -0.2) is 28.7 Å². The molecule has 0 aromatic carbocycles. The van der Waals surface area contributed by atoms with Gasteiger partial charge >= 0.3 is 11.9 Å². The van der Waals surface area contributed by atoms with Gasteiger partial charge in [-0.3, -0.25) is 16.1 Å². The molecule has 0 heterocycles. The van der Waals surface area contributed by atoms with E-state index in [0.29, 0.717) is 0 Å². The number of hydrogen-bond acceptors (Lipinski definition) is 4.